The molecule has 1 aliphatic carbocycles. The third-order valence-electron chi connectivity index (χ3n) is 3.59. The molecule has 1 aromatic heterocycles. The van der Waals surface area contributed by atoms with Gasteiger partial charge in [0, 0.05) is 24.1 Å². The minimum atomic E-state index is -0.00823. The lowest BCUT2D eigenvalue weighted by atomic mass is 10.1. The van der Waals surface area contributed by atoms with E-state index in [0.29, 0.717) is 31.3 Å². The number of anilines is 1. The minimum absolute atomic E-state index is 0.00823. The molecule has 6 heteroatoms. The summed E-state index contributed by atoms with van der Waals surface area (Å²) in [7, 11) is 0. The second-order valence-electron chi connectivity index (χ2n) is 5.62. The van der Waals surface area contributed by atoms with Crippen LogP contribution in [0.25, 0.3) is 0 Å². The number of carbonyl (C=O) groups excluding carboxylic acids is 1. The highest BCUT2D eigenvalue weighted by Gasteiger charge is 2.31. The van der Waals surface area contributed by atoms with Crippen molar-refractivity contribution in [3.63, 3.8) is 0 Å². The molecule has 0 unspecified atom stereocenters. The summed E-state index contributed by atoms with van der Waals surface area (Å²) in [6, 6.07) is 1.79. The number of hydrogen-bond acceptors (Lipinski definition) is 5. The fourth-order valence-electron chi connectivity index (χ4n) is 2.41. The first-order valence-corrected chi connectivity index (χ1v) is 7.47. The number of aromatic nitrogens is 2. The van der Waals surface area contributed by atoms with Crippen LogP contribution in [0, 0.1) is 12.8 Å². The fourth-order valence-corrected chi connectivity index (χ4v) is 2.41. The van der Waals surface area contributed by atoms with Crippen LogP contribution in [0.15, 0.2) is 11.2 Å². The van der Waals surface area contributed by atoms with E-state index in [4.69, 9.17) is 4.74 Å². The molecule has 0 bridgehead atoms. The molecule has 0 radical (unpaired) electrons. The van der Waals surface area contributed by atoms with Crippen LogP contribution in [-0.2, 0) is 16.1 Å². The van der Waals surface area contributed by atoms with E-state index in [9.17, 15) is 4.79 Å². The van der Waals surface area contributed by atoms with Gasteiger partial charge in [-0.1, -0.05) is 0 Å². The van der Waals surface area contributed by atoms with Crippen LogP contribution in [0.1, 0.15) is 44.1 Å². The average Bonchev–Trinajstić information content (AvgIpc) is 3.17. The molecule has 0 spiro atoms. The van der Waals surface area contributed by atoms with E-state index >= 15 is 0 Å². The zero-order valence-electron chi connectivity index (χ0n) is 12.5. The van der Waals surface area contributed by atoms with Gasteiger partial charge in [0.05, 0.1) is 6.42 Å². The van der Waals surface area contributed by atoms with Crippen molar-refractivity contribution in [3.8, 4) is 0 Å². The van der Waals surface area contributed by atoms with Crippen molar-refractivity contribution in [2.45, 2.75) is 46.1 Å². The number of hydrazone groups is 1. The Morgan fingerprint density at radius 3 is 2.90 bits per heavy atom. The number of amides is 1. The van der Waals surface area contributed by atoms with Gasteiger partial charge in [0.1, 0.15) is 6.61 Å². The van der Waals surface area contributed by atoms with Gasteiger partial charge in [-0.15, -0.1) is 0 Å². The van der Waals surface area contributed by atoms with Gasteiger partial charge in [-0.3, -0.25) is 4.79 Å². The Hall–Kier alpha value is -1.82. The quantitative estimate of drug-likeness (QED) is 0.805. The molecular formula is C15H20N4O2. The molecule has 1 aromatic rings. The molecule has 6 nitrogen and oxygen atoms in total. The van der Waals surface area contributed by atoms with E-state index < -0.39 is 0 Å². The van der Waals surface area contributed by atoms with Crippen LogP contribution < -0.4 is 5.01 Å². The summed E-state index contributed by atoms with van der Waals surface area (Å²) in [6.07, 6.45) is 3.88. The lowest BCUT2D eigenvalue weighted by Crippen LogP contribution is -2.21. The predicted molar refractivity (Wildman–Crippen MR) is 79.0 cm³/mol. The number of aryl methyl sites for hydroxylation is 1. The average molecular weight is 288 g/mol. The van der Waals surface area contributed by atoms with Crippen LogP contribution in [0.4, 0.5) is 5.82 Å². The normalized spacial score (nSPS) is 18.3. The number of hydrogen-bond donors (Lipinski definition) is 0. The lowest BCUT2D eigenvalue weighted by Gasteiger charge is -2.12. The van der Waals surface area contributed by atoms with Gasteiger partial charge >= 0.3 is 0 Å². The predicted octanol–water partition coefficient (Wildman–Crippen LogP) is 2.21. The van der Waals surface area contributed by atoms with E-state index in [2.05, 4.69) is 15.1 Å². The lowest BCUT2D eigenvalue weighted by molar-refractivity contribution is -0.116. The van der Waals surface area contributed by atoms with E-state index in [1.165, 1.54) is 17.9 Å². The Morgan fingerprint density at radius 2 is 2.19 bits per heavy atom. The standard InChI is InChI=1S/C15H20N4O2/c1-3-21-9-13-16-10(2)6-14(17-13)19-15(20)8-12(18-19)7-11-4-5-11/h6,11H,3-5,7-9H2,1-2H3. The third kappa shape index (κ3) is 3.44. The summed E-state index contributed by atoms with van der Waals surface area (Å²) < 4.78 is 5.34. The van der Waals surface area contributed by atoms with Crippen LogP contribution in [0.2, 0.25) is 0 Å². The summed E-state index contributed by atoms with van der Waals surface area (Å²) in [6.45, 7) is 4.77. The zero-order valence-corrected chi connectivity index (χ0v) is 12.5. The summed E-state index contributed by atoms with van der Waals surface area (Å²) in [5.74, 6) is 1.86. The van der Waals surface area contributed by atoms with E-state index in [0.717, 1.165) is 23.7 Å². The first-order valence-electron chi connectivity index (χ1n) is 7.47. The number of carbonyl (C=O) groups is 1. The first kappa shape index (κ1) is 14.1. The highest BCUT2D eigenvalue weighted by Crippen LogP contribution is 2.34. The van der Waals surface area contributed by atoms with E-state index in [1.807, 2.05) is 13.8 Å². The Kier molecular flexibility index (Phi) is 3.96. The Labute approximate surface area is 124 Å². The van der Waals surface area contributed by atoms with Crippen molar-refractivity contribution >= 4 is 17.4 Å². The molecule has 3 rings (SSSR count). The van der Waals surface area contributed by atoms with Crippen LogP contribution in [-0.4, -0.2) is 28.2 Å². The van der Waals surface area contributed by atoms with Gasteiger partial charge < -0.3 is 4.74 Å². The molecule has 1 aliphatic heterocycles. The molecule has 112 valence electrons. The highest BCUT2D eigenvalue weighted by molar-refractivity contribution is 6.12. The maximum absolute atomic E-state index is 12.1. The summed E-state index contributed by atoms with van der Waals surface area (Å²) >= 11 is 0. The summed E-state index contributed by atoms with van der Waals surface area (Å²) in [4.78, 5) is 20.9. The van der Waals surface area contributed by atoms with Crippen LogP contribution >= 0.6 is 0 Å². The smallest absolute Gasteiger partial charge is 0.254 e. The van der Waals surface area contributed by atoms with Gasteiger partial charge in [0.2, 0.25) is 0 Å². The summed E-state index contributed by atoms with van der Waals surface area (Å²) in [5.41, 5.74) is 1.79. The van der Waals surface area contributed by atoms with Crippen LogP contribution in [0.5, 0.6) is 0 Å². The van der Waals surface area contributed by atoms with Crippen molar-refractivity contribution in [1.82, 2.24) is 9.97 Å². The van der Waals surface area contributed by atoms with Crippen LogP contribution in [0.3, 0.4) is 0 Å². The summed E-state index contributed by atoms with van der Waals surface area (Å²) in [5, 5.41) is 5.87. The van der Waals surface area contributed by atoms with Gasteiger partial charge in [0.15, 0.2) is 11.6 Å². The van der Waals surface area contributed by atoms with Gasteiger partial charge in [-0.25, -0.2) is 9.97 Å². The molecule has 1 amide bonds. The zero-order chi connectivity index (χ0) is 14.8. The second kappa shape index (κ2) is 5.89. The number of nitrogens with zero attached hydrogens (tertiary/aromatic N) is 4. The molecule has 2 aliphatic rings. The van der Waals surface area contributed by atoms with Crippen molar-refractivity contribution in [3.05, 3.63) is 17.6 Å². The molecule has 0 aromatic carbocycles. The second-order valence-corrected chi connectivity index (χ2v) is 5.62. The van der Waals surface area contributed by atoms with Gasteiger partial charge in [-0.2, -0.15) is 10.1 Å². The third-order valence-corrected chi connectivity index (χ3v) is 3.59. The van der Waals surface area contributed by atoms with E-state index in [1.54, 1.807) is 6.07 Å². The maximum atomic E-state index is 12.1. The number of ether oxygens (including phenoxy) is 1. The Balaban J connectivity index is 1.79. The van der Waals surface area contributed by atoms with Crippen molar-refractivity contribution in [2.75, 3.05) is 11.6 Å². The molecule has 0 saturated heterocycles. The molecule has 1 saturated carbocycles. The minimum Gasteiger partial charge on any atom is -0.374 e. The highest BCUT2D eigenvalue weighted by atomic mass is 16.5. The molecule has 0 atom stereocenters. The SMILES string of the molecule is CCOCc1nc(C)cc(N2N=C(CC3CC3)CC2=O)n1. The first-order chi connectivity index (χ1) is 10.2. The van der Waals surface area contributed by atoms with Crippen molar-refractivity contribution in [1.29, 1.82) is 0 Å². The van der Waals surface area contributed by atoms with Crippen molar-refractivity contribution < 1.29 is 9.53 Å². The largest absolute Gasteiger partial charge is 0.374 e. The van der Waals surface area contributed by atoms with Gasteiger partial charge in [0.25, 0.3) is 5.91 Å². The van der Waals surface area contributed by atoms with Gasteiger partial charge in [-0.05, 0) is 39.0 Å². The fraction of sp³-hybridized carbons (Fsp3) is 0.600. The maximum Gasteiger partial charge on any atom is 0.254 e. The molecular weight excluding hydrogens is 268 g/mol. The monoisotopic (exact) mass is 288 g/mol. The molecule has 21 heavy (non-hydrogen) atoms. The Bertz CT molecular complexity index is 581. The van der Waals surface area contributed by atoms with E-state index in [-0.39, 0.29) is 5.91 Å². The topological polar surface area (TPSA) is 67.7 Å². The molecule has 1 fully saturated rings. The number of rotatable bonds is 6. The molecule has 2 heterocycles. The Morgan fingerprint density at radius 1 is 1.38 bits per heavy atom. The molecule has 0 N–H and O–H groups in total. The van der Waals surface area contributed by atoms with Crippen molar-refractivity contribution in [2.24, 2.45) is 11.0 Å².